The molecule has 0 aliphatic heterocycles. The number of fused-ring (bicyclic) bond motifs is 2. The Morgan fingerprint density at radius 3 is 2.82 bits per heavy atom. The number of benzene rings is 1. The lowest BCUT2D eigenvalue weighted by Crippen LogP contribution is -2.36. The van der Waals surface area contributed by atoms with Crippen molar-refractivity contribution >= 4 is 45.9 Å². The lowest BCUT2D eigenvalue weighted by Gasteiger charge is -2.27. The van der Waals surface area contributed by atoms with Gasteiger partial charge >= 0.3 is 0 Å². The van der Waals surface area contributed by atoms with E-state index in [-0.39, 0.29) is 12.1 Å². The highest BCUT2D eigenvalue weighted by Gasteiger charge is 2.23. The topological polar surface area (TPSA) is 75.9 Å². The quantitative estimate of drug-likeness (QED) is 0.320. The maximum atomic E-state index is 10.3. The van der Waals surface area contributed by atoms with Gasteiger partial charge in [-0.1, -0.05) is 55.8 Å². The predicted octanol–water partition coefficient (Wildman–Crippen LogP) is 5.03. The van der Waals surface area contributed by atoms with E-state index < -0.39 is 8.07 Å². The predicted molar refractivity (Wildman–Crippen MR) is 138 cm³/mol. The van der Waals surface area contributed by atoms with E-state index in [0.29, 0.717) is 6.54 Å². The SMILES string of the molecule is C[Si](C)(C)C#Cc1cnc2c(c1)ncn2Cc1ccc2nc(N[C@@H]3CCCC[C@H]3O)sc2c1. The minimum atomic E-state index is -1.43. The van der Waals surface area contributed by atoms with E-state index in [1.165, 1.54) is 5.56 Å². The zero-order chi connectivity index (χ0) is 23.0. The van der Waals surface area contributed by atoms with Gasteiger partial charge in [-0.25, -0.2) is 15.0 Å². The number of anilines is 1. The van der Waals surface area contributed by atoms with Crippen molar-refractivity contribution in [3.8, 4) is 11.5 Å². The molecule has 0 bridgehead atoms. The number of nitrogens with one attached hydrogen (secondary N) is 1. The second-order valence-corrected chi connectivity index (χ2v) is 15.6. The van der Waals surface area contributed by atoms with Gasteiger partial charge in [0.05, 0.1) is 35.2 Å². The first-order valence-corrected chi connectivity index (χ1v) is 15.8. The summed E-state index contributed by atoms with van der Waals surface area (Å²) in [6.45, 7) is 7.40. The lowest BCUT2D eigenvalue weighted by molar-refractivity contribution is 0.116. The van der Waals surface area contributed by atoms with Crippen LogP contribution in [-0.2, 0) is 6.54 Å². The Bertz CT molecular complexity index is 1360. The monoisotopic (exact) mass is 475 g/mol. The number of aromatic nitrogens is 4. The van der Waals surface area contributed by atoms with Crippen LogP contribution in [0.5, 0.6) is 0 Å². The van der Waals surface area contributed by atoms with E-state index in [2.05, 4.69) is 69.2 Å². The molecular formula is C25H29N5OSSi. The van der Waals surface area contributed by atoms with Gasteiger partial charge < -0.3 is 15.0 Å². The van der Waals surface area contributed by atoms with Gasteiger partial charge in [-0.05, 0) is 36.6 Å². The van der Waals surface area contributed by atoms with Crippen LogP contribution in [0, 0.1) is 11.5 Å². The number of hydrogen-bond acceptors (Lipinski definition) is 6. The number of imidazole rings is 1. The fraction of sp³-hybridized carbons (Fsp3) is 0.400. The molecule has 0 saturated heterocycles. The molecule has 0 spiro atoms. The summed E-state index contributed by atoms with van der Waals surface area (Å²) < 4.78 is 3.21. The first-order valence-electron chi connectivity index (χ1n) is 11.5. The molecule has 2 atom stereocenters. The zero-order valence-electron chi connectivity index (χ0n) is 19.3. The van der Waals surface area contributed by atoms with Gasteiger partial charge in [-0.3, -0.25) is 0 Å². The first-order chi connectivity index (χ1) is 15.8. The molecule has 3 aromatic heterocycles. The maximum absolute atomic E-state index is 10.3. The van der Waals surface area contributed by atoms with Crippen LogP contribution >= 0.6 is 11.3 Å². The standard InChI is InChI=1S/C25H29N5OSSi/c1-33(2,3)11-10-17-12-21-24(26-14-17)30(16-27-21)15-18-8-9-20-23(13-18)32-25(29-20)28-19-6-4-5-7-22(19)31/h8-9,12-14,16,19,22,31H,4-7,15H2,1-3H3,(H,28,29)/t19-,22-/m1/s1. The minimum absolute atomic E-state index is 0.0995. The van der Waals surface area contributed by atoms with Gasteiger partial charge in [0, 0.05) is 11.8 Å². The van der Waals surface area contributed by atoms with Gasteiger partial charge in [0.1, 0.15) is 13.6 Å². The number of aliphatic hydroxyl groups is 1. The van der Waals surface area contributed by atoms with Gasteiger partial charge in [-0.2, -0.15) is 0 Å². The smallest absolute Gasteiger partial charge is 0.184 e. The zero-order valence-corrected chi connectivity index (χ0v) is 21.1. The normalized spacial score (nSPS) is 18.9. The van der Waals surface area contributed by atoms with Crippen LogP contribution < -0.4 is 5.32 Å². The van der Waals surface area contributed by atoms with Crippen LogP contribution in [0.1, 0.15) is 36.8 Å². The van der Waals surface area contributed by atoms with Crippen LogP contribution in [0.15, 0.2) is 36.8 Å². The van der Waals surface area contributed by atoms with Crippen molar-refractivity contribution in [1.29, 1.82) is 0 Å². The van der Waals surface area contributed by atoms with E-state index in [4.69, 9.17) is 4.98 Å². The molecule has 5 rings (SSSR count). The van der Waals surface area contributed by atoms with Gasteiger partial charge in [0.25, 0.3) is 0 Å². The lowest BCUT2D eigenvalue weighted by atomic mass is 9.93. The summed E-state index contributed by atoms with van der Waals surface area (Å²) in [6, 6.07) is 8.49. The molecule has 1 fully saturated rings. The van der Waals surface area contributed by atoms with Gasteiger partial charge in [0.2, 0.25) is 0 Å². The molecule has 8 heteroatoms. The number of nitrogens with zero attached hydrogens (tertiary/aromatic N) is 4. The van der Waals surface area contributed by atoms with Gasteiger partial charge in [-0.15, -0.1) is 5.54 Å². The third-order valence-electron chi connectivity index (χ3n) is 5.88. The summed E-state index contributed by atoms with van der Waals surface area (Å²) in [5.74, 6) is 3.26. The van der Waals surface area contributed by atoms with Crippen molar-refractivity contribution in [2.24, 2.45) is 0 Å². The second-order valence-electron chi connectivity index (χ2n) is 9.86. The Kier molecular flexibility index (Phi) is 5.95. The molecule has 1 saturated carbocycles. The fourth-order valence-corrected chi connectivity index (χ4v) is 5.67. The summed E-state index contributed by atoms with van der Waals surface area (Å²) >= 11 is 1.65. The number of rotatable bonds is 4. The van der Waals surface area contributed by atoms with Crippen molar-refractivity contribution in [3.05, 3.63) is 47.9 Å². The highest BCUT2D eigenvalue weighted by atomic mass is 32.1. The first kappa shape index (κ1) is 22.1. The third kappa shape index (κ3) is 5.11. The van der Waals surface area contributed by atoms with Crippen LogP contribution in [0.3, 0.4) is 0 Å². The molecule has 0 unspecified atom stereocenters. The molecule has 4 aromatic rings. The van der Waals surface area contributed by atoms with E-state index in [0.717, 1.165) is 57.8 Å². The van der Waals surface area contributed by atoms with Crippen molar-refractivity contribution in [1.82, 2.24) is 19.5 Å². The van der Waals surface area contributed by atoms with Crippen LogP contribution in [0.4, 0.5) is 5.13 Å². The van der Waals surface area contributed by atoms with E-state index >= 15 is 0 Å². The summed E-state index contributed by atoms with van der Waals surface area (Å²) in [6.07, 6.45) is 7.53. The highest BCUT2D eigenvalue weighted by Crippen LogP contribution is 2.30. The second kappa shape index (κ2) is 8.90. The number of thiazole rings is 1. The molecule has 1 aromatic carbocycles. The number of hydrogen-bond donors (Lipinski definition) is 2. The van der Waals surface area contributed by atoms with Crippen LogP contribution in [0.25, 0.3) is 21.4 Å². The van der Waals surface area contributed by atoms with Crippen molar-refractivity contribution in [2.45, 2.75) is 64.0 Å². The summed E-state index contributed by atoms with van der Waals surface area (Å²) in [7, 11) is -1.43. The minimum Gasteiger partial charge on any atom is -0.391 e. The van der Waals surface area contributed by atoms with E-state index in [9.17, 15) is 5.11 Å². The molecule has 0 amide bonds. The average molecular weight is 476 g/mol. The summed E-state index contributed by atoms with van der Waals surface area (Å²) in [4.78, 5) is 13.9. The molecule has 6 nitrogen and oxygen atoms in total. The van der Waals surface area contributed by atoms with Crippen molar-refractivity contribution in [3.63, 3.8) is 0 Å². The number of pyridine rings is 1. The Hall–Kier alpha value is -2.73. The largest absolute Gasteiger partial charge is 0.391 e. The van der Waals surface area contributed by atoms with Crippen LogP contribution in [0.2, 0.25) is 19.6 Å². The van der Waals surface area contributed by atoms with E-state index in [1.807, 2.05) is 18.6 Å². The molecule has 0 radical (unpaired) electrons. The van der Waals surface area contributed by atoms with E-state index in [1.54, 1.807) is 11.3 Å². The Balaban J connectivity index is 1.34. The highest BCUT2D eigenvalue weighted by molar-refractivity contribution is 7.22. The fourth-order valence-electron chi connectivity index (χ4n) is 4.16. The molecule has 1 aliphatic rings. The third-order valence-corrected chi connectivity index (χ3v) is 7.71. The summed E-state index contributed by atoms with van der Waals surface area (Å²) in [5.41, 5.74) is 8.21. The molecular weight excluding hydrogens is 446 g/mol. The average Bonchev–Trinajstić information content (AvgIpc) is 3.36. The molecule has 2 N–H and O–H groups in total. The Labute approximate surface area is 199 Å². The Morgan fingerprint density at radius 2 is 2.00 bits per heavy atom. The molecule has 170 valence electrons. The van der Waals surface area contributed by atoms with Crippen molar-refractivity contribution < 1.29 is 5.11 Å². The molecule has 1 aliphatic carbocycles. The van der Waals surface area contributed by atoms with Crippen molar-refractivity contribution in [2.75, 3.05) is 5.32 Å². The molecule has 3 heterocycles. The summed E-state index contributed by atoms with van der Waals surface area (Å²) in [5, 5.41) is 14.6. The maximum Gasteiger partial charge on any atom is 0.184 e. The van der Waals surface area contributed by atoms with Crippen LogP contribution in [-0.4, -0.2) is 44.8 Å². The number of aliphatic hydroxyl groups excluding tert-OH is 1. The van der Waals surface area contributed by atoms with Gasteiger partial charge in [0.15, 0.2) is 10.8 Å². The Morgan fingerprint density at radius 1 is 1.15 bits per heavy atom. The molecule has 33 heavy (non-hydrogen) atoms.